The van der Waals surface area contributed by atoms with E-state index in [0.29, 0.717) is 18.2 Å². The molecule has 84 valence electrons. The van der Waals surface area contributed by atoms with E-state index in [0.717, 1.165) is 11.1 Å². The predicted molar refractivity (Wildman–Crippen MR) is 59.8 cm³/mol. The van der Waals surface area contributed by atoms with Crippen molar-refractivity contribution in [3.63, 3.8) is 0 Å². The topological polar surface area (TPSA) is 30.7 Å². The number of alkyl halides is 1. The van der Waals surface area contributed by atoms with Crippen LogP contribution in [0.3, 0.4) is 0 Å². The van der Waals surface area contributed by atoms with E-state index in [9.17, 15) is 4.39 Å². The van der Waals surface area contributed by atoms with Gasteiger partial charge in [-0.25, -0.2) is 14.1 Å². The van der Waals surface area contributed by atoms with Crippen LogP contribution < -0.4 is 0 Å². The summed E-state index contributed by atoms with van der Waals surface area (Å²) >= 11 is 5.71. The summed E-state index contributed by atoms with van der Waals surface area (Å²) in [6, 6.07) is 4.71. The van der Waals surface area contributed by atoms with Gasteiger partial charge in [0.25, 0.3) is 0 Å². The number of nitrogens with zero attached hydrogens (tertiary/aromatic N) is 3. The fourth-order valence-corrected chi connectivity index (χ4v) is 1.70. The van der Waals surface area contributed by atoms with E-state index in [1.165, 1.54) is 18.5 Å². The van der Waals surface area contributed by atoms with Crippen molar-refractivity contribution in [1.82, 2.24) is 14.8 Å². The lowest BCUT2D eigenvalue weighted by Crippen LogP contribution is -2.07. The van der Waals surface area contributed by atoms with E-state index in [1.807, 2.05) is 6.92 Å². The molecule has 2 aromatic rings. The maximum Gasteiger partial charge on any atom is 0.142 e. The zero-order valence-electron chi connectivity index (χ0n) is 8.82. The van der Waals surface area contributed by atoms with Gasteiger partial charge in [0.15, 0.2) is 0 Å². The molecule has 0 amide bonds. The summed E-state index contributed by atoms with van der Waals surface area (Å²) in [5.41, 5.74) is 1.91. The molecular formula is C11H11ClFN3. The fraction of sp³-hybridized carbons (Fsp3) is 0.273. The lowest BCUT2D eigenvalue weighted by Gasteiger charge is -2.07. The highest BCUT2D eigenvalue weighted by Crippen LogP contribution is 2.12. The molecule has 0 aliphatic rings. The van der Waals surface area contributed by atoms with Crippen LogP contribution in [0.25, 0.3) is 0 Å². The van der Waals surface area contributed by atoms with Gasteiger partial charge in [0.1, 0.15) is 18.0 Å². The third kappa shape index (κ3) is 2.22. The van der Waals surface area contributed by atoms with Crippen LogP contribution in [-0.2, 0) is 12.4 Å². The number of hydrogen-bond donors (Lipinski definition) is 0. The maximum absolute atomic E-state index is 13.1. The Kier molecular flexibility index (Phi) is 3.19. The molecule has 1 aromatic carbocycles. The van der Waals surface area contributed by atoms with E-state index in [2.05, 4.69) is 10.1 Å². The number of aromatic nitrogens is 3. The Morgan fingerprint density at radius 3 is 3.00 bits per heavy atom. The van der Waals surface area contributed by atoms with Crippen molar-refractivity contribution in [3.8, 4) is 0 Å². The van der Waals surface area contributed by atoms with Crippen molar-refractivity contribution in [3.05, 3.63) is 47.3 Å². The molecule has 0 fully saturated rings. The van der Waals surface area contributed by atoms with Crippen molar-refractivity contribution in [2.75, 3.05) is 0 Å². The molecule has 0 aliphatic heterocycles. The largest absolute Gasteiger partial charge is 0.244 e. The Labute approximate surface area is 97.9 Å². The summed E-state index contributed by atoms with van der Waals surface area (Å²) < 4.78 is 14.8. The molecule has 0 aliphatic carbocycles. The number of halogens is 2. The number of benzene rings is 1. The molecule has 0 saturated carbocycles. The van der Waals surface area contributed by atoms with Crippen LogP contribution in [0.15, 0.2) is 24.5 Å². The molecular weight excluding hydrogens is 229 g/mol. The average molecular weight is 240 g/mol. The van der Waals surface area contributed by atoms with Gasteiger partial charge >= 0.3 is 0 Å². The van der Waals surface area contributed by atoms with Gasteiger partial charge in [-0.1, -0.05) is 6.07 Å². The fourth-order valence-electron chi connectivity index (χ4n) is 1.50. The van der Waals surface area contributed by atoms with Crippen molar-refractivity contribution in [2.24, 2.45) is 0 Å². The van der Waals surface area contributed by atoms with Gasteiger partial charge in [-0.3, -0.25) is 0 Å². The van der Waals surface area contributed by atoms with Gasteiger partial charge in [0.2, 0.25) is 0 Å². The smallest absolute Gasteiger partial charge is 0.142 e. The summed E-state index contributed by atoms with van der Waals surface area (Å²) in [4.78, 5) is 4.01. The second kappa shape index (κ2) is 4.61. The molecule has 3 nitrogen and oxygen atoms in total. The van der Waals surface area contributed by atoms with Crippen molar-refractivity contribution >= 4 is 11.6 Å². The lowest BCUT2D eigenvalue weighted by molar-refractivity contribution is 0.613. The summed E-state index contributed by atoms with van der Waals surface area (Å²) in [6.45, 7) is 2.43. The van der Waals surface area contributed by atoms with Gasteiger partial charge < -0.3 is 0 Å². The minimum atomic E-state index is -0.242. The third-order valence-electron chi connectivity index (χ3n) is 2.45. The molecule has 16 heavy (non-hydrogen) atoms. The molecule has 0 unspecified atom stereocenters. The first-order chi connectivity index (χ1) is 7.70. The molecule has 0 bridgehead atoms. The minimum absolute atomic E-state index is 0.242. The highest BCUT2D eigenvalue weighted by atomic mass is 35.5. The Balaban J connectivity index is 2.30. The molecule has 0 N–H and O–H groups in total. The Morgan fingerprint density at radius 1 is 1.44 bits per heavy atom. The lowest BCUT2D eigenvalue weighted by atomic mass is 10.1. The Bertz CT molecular complexity index is 496. The van der Waals surface area contributed by atoms with E-state index < -0.39 is 0 Å². The third-order valence-corrected chi connectivity index (χ3v) is 2.69. The standard InChI is InChI=1S/C11H11ClFN3/c1-8-2-3-10(13)4-9(8)6-16-11(5-12)14-7-15-16/h2-4,7H,5-6H2,1H3. The normalized spacial score (nSPS) is 10.7. The summed E-state index contributed by atoms with van der Waals surface area (Å²) in [5.74, 6) is 0.743. The second-order valence-corrected chi connectivity index (χ2v) is 3.81. The summed E-state index contributed by atoms with van der Waals surface area (Å²) in [6.07, 6.45) is 1.45. The van der Waals surface area contributed by atoms with Crippen LogP contribution in [0.5, 0.6) is 0 Å². The Hall–Kier alpha value is -1.42. The van der Waals surface area contributed by atoms with E-state index in [-0.39, 0.29) is 5.82 Å². The van der Waals surface area contributed by atoms with Crippen molar-refractivity contribution in [2.45, 2.75) is 19.3 Å². The van der Waals surface area contributed by atoms with Gasteiger partial charge in [-0.15, -0.1) is 11.6 Å². The van der Waals surface area contributed by atoms with Crippen LogP contribution >= 0.6 is 11.6 Å². The van der Waals surface area contributed by atoms with Crippen LogP contribution in [0, 0.1) is 12.7 Å². The van der Waals surface area contributed by atoms with Crippen LogP contribution in [-0.4, -0.2) is 14.8 Å². The quantitative estimate of drug-likeness (QED) is 0.771. The second-order valence-electron chi connectivity index (χ2n) is 3.54. The number of rotatable bonds is 3. The highest BCUT2D eigenvalue weighted by Gasteiger charge is 2.06. The van der Waals surface area contributed by atoms with Gasteiger partial charge in [-0.05, 0) is 30.2 Å². The summed E-state index contributed by atoms with van der Waals surface area (Å²) in [7, 11) is 0. The molecule has 0 spiro atoms. The van der Waals surface area contributed by atoms with Crippen molar-refractivity contribution in [1.29, 1.82) is 0 Å². The first-order valence-electron chi connectivity index (χ1n) is 4.88. The number of hydrogen-bond acceptors (Lipinski definition) is 2. The summed E-state index contributed by atoms with van der Waals surface area (Å²) in [5, 5.41) is 4.05. The first kappa shape index (κ1) is 11.1. The Morgan fingerprint density at radius 2 is 2.25 bits per heavy atom. The van der Waals surface area contributed by atoms with Crippen LogP contribution in [0.2, 0.25) is 0 Å². The van der Waals surface area contributed by atoms with Crippen LogP contribution in [0.4, 0.5) is 4.39 Å². The van der Waals surface area contributed by atoms with Crippen molar-refractivity contribution < 1.29 is 4.39 Å². The molecule has 0 radical (unpaired) electrons. The highest BCUT2D eigenvalue weighted by molar-refractivity contribution is 6.16. The predicted octanol–water partition coefficient (Wildman–Crippen LogP) is 2.51. The first-order valence-corrected chi connectivity index (χ1v) is 5.42. The minimum Gasteiger partial charge on any atom is -0.244 e. The maximum atomic E-state index is 13.1. The van der Waals surface area contributed by atoms with Gasteiger partial charge in [0, 0.05) is 0 Å². The molecule has 5 heteroatoms. The molecule has 2 rings (SSSR count). The van der Waals surface area contributed by atoms with Crippen LogP contribution in [0.1, 0.15) is 17.0 Å². The molecule has 1 heterocycles. The zero-order chi connectivity index (χ0) is 11.5. The zero-order valence-corrected chi connectivity index (χ0v) is 9.58. The molecule has 1 aromatic heterocycles. The van der Waals surface area contributed by atoms with Gasteiger partial charge in [0.05, 0.1) is 12.4 Å². The number of aryl methyl sites for hydroxylation is 1. The van der Waals surface area contributed by atoms with Gasteiger partial charge in [-0.2, -0.15) is 5.10 Å². The monoisotopic (exact) mass is 239 g/mol. The van der Waals surface area contributed by atoms with E-state index in [1.54, 1.807) is 10.7 Å². The SMILES string of the molecule is Cc1ccc(F)cc1Cn1ncnc1CCl. The van der Waals surface area contributed by atoms with E-state index >= 15 is 0 Å². The molecule has 0 atom stereocenters. The average Bonchev–Trinajstić information content (AvgIpc) is 2.71. The van der Waals surface area contributed by atoms with E-state index in [4.69, 9.17) is 11.6 Å². The molecule has 0 saturated heterocycles.